The Bertz CT molecular complexity index is 541. The Morgan fingerprint density at radius 2 is 1.88 bits per heavy atom. The van der Waals surface area contributed by atoms with E-state index in [4.69, 9.17) is 17.3 Å². The van der Waals surface area contributed by atoms with E-state index in [2.05, 4.69) is 37.9 Å². The Labute approximate surface area is 100 Å². The number of anilines is 1. The molecule has 0 unspecified atom stereocenters. The largest absolute Gasteiger partial charge is 0.382 e. The fourth-order valence-corrected chi connectivity index (χ4v) is 1.78. The maximum atomic E-state index is 5.93. The van der Waals surface area contributed by atoms with Crippen molar-refractivity contribution in [1.82, 2.24) is 4.98 Å². The molecule has 2 nitrogen and oxygen atoms in total. The summed E-state index contributed by atoms with van der Waals surface area (Å²) in [7, 11) is 0. The van der Waals surface area contributed by atoms with E-state index in [1.165, 1.54) is 5.56 Å². The van der Waals surface area contributed by atoms with Crippen LogP contribution in [0.5, 0.6) is 0 Å². The fraction of sp³-hybridized carbons (Fsp3) is 0.308. The quantitative estimate of drug-likeness (QED) is 0.754. The van der Waals surface area contributed by atoms with Crippen LogP contribution in [-0.2, 0) is 5.41 Å². The smallest absolute Gasteiger partial charge is 0.142 e. The number of nitrogens with two attached hydrogens (primary N) is 1. The Balaban J connectivity index is 2.67. The van der Waals surface area contributed by atoms with Gasteiger partial charge in [0, 0.05) is 5.39 Å². The van der Waals surface area contributed by atoms with Gasteiger partial charge in [-0.2, -0.15) is 0 Å². The van der Waals surface area contributed by atoms with Gasteiger partial charge in [-0.05, 0) is 23.1 Å². The summed E-state index contributed by atoms with van der Waals surface area (Å²) in [5.74, 6) is 0.389. The second-order valence-electron chi connectivity index (χ2n) is 5.01. The summed E-state index contributed by atoms with van der Waals surface area (Å²) in [6.45, 7) is 6.52. The lowest BCUT2D eigenvalue weighted by atomic mass is 9.86. The number of hydrogen-bond donors (Lipinski definition) is 1. The Kier molecular flexibility index (Phi) is 2.55. The lowest BCUT2D eigenvalue weighted by molar-refractivity contribution is 0.591. The van der Waals surface area contributed by atoms with Crippen molar-refractivity contribution < 1.29 is 0 Å². The summed E-state index contributed by atoms with van der Waals surface area (Å²) in [5, 5.41) is 1.53. The van der Waals surface area contributed by atoms with Crippen molar-refractivity contribution in [2.75, 3.05) is 5.73 Å². The molecule has 0 radical (unpaired) electrons. The van der Waals surface area contributed by atoms with E-state index < -0.39 is 0 Å². The highest BCUT2D eigenvalue weighted by Gasteiger charge is 2.14. The zero-order chi connectivity index (χ0) is 11.9. The van der Waals surface area contributed by atoms with Crippen molar-refractivity contribution in [1.29, 1.82) is 0 Å². The van der Waals surface area contributed by atoms with E-state index in [1.54, 1.807) is 0 Å². The summed E-state index contributed by atoms with van der Waals surface area (Å²) in [6.07, 6.45) is 0. The lowest BCUT2D eigenvalue weighted by Crippen LogP contribution is -2.10. The van der Waals surface area contributed by atoms with Gasteiger partial charge in [0.25, 0.3) is 0 Å². The Hall–Kier alpha value is -1.28. The molecule has 3 heteroatoms. The number of aromatic nitrogens is 1. The van der Waals surface area contributed by atoms with Crippen LogP contribution in [0.2, 0.25) is 5.02 Å². The molecular formula is C13H15ClN2. The van der Waals surface area contributed by atoms with Crippen LogP contribution in [0.15, 0.2) is 24.3 Å². The van der Waals surface area contributed by atoms with E-state index in [1.807, 2.05) is 12.1 Å². The summed E-state index contributed by atoms with van der Waals surface area (Å²) in [5.41, 5.74) is 7.96. The van der Waals surface area contributed by atoms with E-state index in [0.29, 0.717) is 10.8 Å². The summed E-state index contributed by atoms with van der Waals surface area (Å²) >= 11 is 5.93. The van der Waals surface area contributed by atoms with Gasteiger partial charge in [0.2, 0.25) is 0 Å². The molecular weight excluding hydrogens is 220 g/mol. The third kappa shape index (κ3) is 1.98. The molecule has 1 aromatic carbocycles. The number of nitrogens with zero attached hydrogens (tertiary/aromatic N) is 1. The molecule has 0 spiro atoms. The van der Waals surface area contributed by atoms with Crippen LogP contribution in [0.4, 0.5) is 5.82 Å². The van der Waals surface area contributed by atoms with E-state index in [9.17, 15) is 0 Å². The predicted octanol–water partition coefficient (Wildman–Crippen LogP) is 3.77. The van der Waals surface area contributed by atoms with Gasteiger partial charge in [0.15, 0.2) is 0 Å². The molecule has 0 atom stereocenters. The van der Waals surface area contributed by atoms with Gasteiger partial charge in [-0.3, -0.25) is 0 Å². The van der Waals surface area contributed by atoms with Crippen molar-refractivity contribution in [3.05, 3.63) is 34.9 Å². The third-order valence-electron chi connectivity index (χ3n) is 2.66. The maximum Gasteiger partial charge on any atom is 0.142 e. The van der Waals surface area contributed by atoms with E-state index >= 15 is 0 Å². The van der Waals surface area contributed by atoms with Gasteiger partial charge in [-0.25, -0.2) is 4.98 Å². The average molecular weight is 235 g/mol. The summed E-state index contributed by atoms with van der Waals surface area (Å²) in [6, 6.07) is 8.07. The van der Waals surface area contributed by atoms with Crippen LogP contribution in [0.3, 0.4) is 0 Å². The molecule has 0 saturated carbocycles. The molecule has 0 bridgehead atoms. The first kappa shape index (κ1) is 11.2. The van der Waals surface area contributed by atoms with Crippen LogP contribution < -0.4 is 5.73 Å². The first-order valence-electron chi connectivity index (χ1n) is 5.24. The zero-order valence-corrected chi connectivity index (χ0v) is 10.5. The molecule has 0 saturated heterocycles. The minimum Gasteiger partial charge on any atom is -0.382 e. The second kappa shape index (κ2) is 3.63. The molecule has 2 rings (SSSR count). The number of halogens is 1. The molecule has 0 aliphatic carbocycles. The Morgan fingerprint density at radius 3 is 2.50 bits per heavy atom. The molecule has 0 aliphatic rings. The van der Waals surface area contributed by atoms with Gasteiger partial charge >= 0.3 is 0 Å². The van der Waals surface area contributed by atoms with Crippen LogP contribution in [0.1, 0.15) is 26.3 Å². The molecule has 0 aliphatic heterocycles. The zero-order valence-electron chi connectivity index (χ0n) is 9.71. The number of rotatable bonds is 0. The highest BCUT2D eigenvalue weighted by Crippen LogP contribution is 2.28. The van der Waals surface area contributed by atoms with Crippen molar-refractivity contribution in [3.63, 3.8) is 0 Å². The maximum absolute atomic E-state index is 5.93. The third-order valence-corrected chi connectivity index (χ3v) is 2.97. The van der Waals surface area contributed by atoms with Crippen LogP contribution >= 0.6 is 11.6 Å². The van der Waals surface area contributed by atoms with Gasteiger partial charge < -0.3 is 5.73 Å². The Morgan fingerprint density at radius 1 is 1.19 bits per heavy atom. The van der Waals surface area contributed by atoms with Gasteiger partial charge in [-0.15, -0.1) is 0 Å². The number of fused-ring (bicyclic) bond motifs is 1. The van der Waals surface area contributed by atoms with E-state index in [-0.39, 0.29) is 5.41 Å². The molecule has 16 heavy (non-hydrogen) atoms. The first-order valence-corrected chi connectivity index (χ1v) is 5.62. The molecule has 2 N–H and O–H groups in total. The lowest BCUT2D eigenvalue weighted by Gasteiger charge is -2.19. The van der Waals surface area contributed by atoms with Crippen LogP contribution in [0.25, 0.3) is 10.9 Å². The topological polar surface area (TPSA) is 38.9 Å². The van der Waals surface area contributed by atoms with Crippen molar-refractivity contribution in [2.45, 2.75) is 26.2 Å². The normalized spacial score (nSPS) is 12.0. The number of nitrogen functional groups attached to an aromatic ring is 1. The summed E-state index contributed by atoms with van der Waals surface area (Å²) in [4.78, 5) is 4.30. The first-order chi connectivity index (χ1) is 7.38. The SMILES string of the molecule is CC(C)(C)c1ccc2cc(Cl)c(N)nc2c1. The second-order valence-corrected chi connectivity index (χ2v) is 5.42. The summed E-state index contributed by atoms with van der Waals surface area (Å²) < 4.78 is 0. The fourth-order valence-electron chi connectivity index (χ4n) is 1.62. The monoisotopic (exact) mass is 234 g/mol. The minimum atomic E-state index is 0.115. The van der Waals surface area contributed by atoms with Gasteiger partial charge in [-0.1, -0.05) is 44.5 Å². The molecule has 0 amide bonds. The van der Waals surface area contributed by atoms with Gasteiger partial charge in [0.1, 0.15) is 5.82 Å². The highest BCUT2D eigenvalue weighted by molar-refractivity contribution is 6.33. The molecule has 0 fully saturated rings. The van der Waals surface area contributed by atoms with E-state index in [0.717, 1.165) is 10.9 Å². The van der Waals surface area contributed by atoms with Crippen molar-refractivity contribution >= 4 is 28.3 Å². The molecule has 1 aromatic heterocycles. The predicted molar refractivity (Wildman–Crippen MR) is 69.9 cm³/mol. The average Bonchev–Trinajstić information content (AvgIpc) is 2.17. The van der Waals surface area contributed by atoms with Crippen molar-refractivity contribution in [3.8, 4) is 0 Å². The van der Waals surface area contributed by atoms with Crippen molar-refractivity contribution in [2.24, 2.45) is 0 Å². The number of pyridine rings is 1. The standard InChI is InChI=1S/C13H15ClN2/c1-13(2,3)9-5-4-8-6-10(14)12(15)16-11(8)7-9/h4-7H,1-3H3,(H2,15,16). The number of hydrogen-bond acceptors (Lipinski definition) is 2. The van der Waals surface area contributed by atoms with Crippen LogP contribution in [-0.4, -0.2) is 4.98 Å². The number of benzene rings is 1. The minimum absolute atomic E-state index is 0.115. The molecule has 2 aromatic rings. The molecule has 1 heterocycles. The molecule has 84 valence electrons. The van der Waals surface area contributed by atoms with Gasteiger partial charge in [0.05, 0.1) is 10.5 Å². The van der Waals surface area contributed by atoms with Crippen LogP contribution in [0, 0.1) is 0 Å². The highest BCUT2D eigenvalue weighted by atomic mass is 35.5.